The number of rotatable bonds is 0. The van der Waals surface area contributed by atoms with Crippen molar-refractivity contribution in [1.29, 1.82) is 0 Å². The van der Waals surface area contributed by atoms with Gasteiger partial charge in [-0.05, 0) is 6.42 Å². The molecule has 0 aliphatic carbocycles. The summed E-state index contributed by atoms with van der Waals surface area (Å²) in [6.07, 6.45) is 4.59. The Bertz CT molecular complexity index is 333. The van der Waals surface area contributed by atoms with Gasteiger partial charge in [-0.2, -0.15) is 0 Å². The highest BCUT2D eigenvalue weighted by Crippen LogP contribution is 2.47. The van der Waals surface area contributed by atoms with Crippen LogP contribution in [0.15, 0.2) is 12.2 Å². The minimum absolute atomic E-state index is 0.00319. The largest absolute Gasteiger partial charge is 0.393 e. The molecule has 3 rings (SSSR count). The molecule has 3 aliphatic heterocycles. The Morgan fingerprint density at radius 2 is 2.31 bits per heavy atom. The van der Waals surface area contributed by atoms with E-state index in [2.05, 4.69) is 4.74 Å². The molecule has 4 heteroatoms. The highest BCUT2D eigenvalue weighted by molar-refractivity contribution is 5.92. The Balaban J connectivity index is 2.05. The molecule has 0 aromatic heterocycles. The lowest BCUT2D eigenvalue weighted by molar-refractivity contribution is -0.176. The van der Waals surface area contributed by atoms with E-state index < -0.39 is 17.5 Å². The molecule has 3 aliphatic rings. The van der Waals surface area contributed by atoms with Crippen LogP contribution < -0.4 is 0 Å². The van der Waals surface area contributed by atoms with Crippen molar-refractivity contribution >= 4 is 11.9 Å². The summed E-state index contributed by atoms with van der Waals surface area (Å²) in [6.45, 7) is 0. The monoisotopic (exact) mass is 180 g/mol. The Kier molecular flexibility index (Phi) is 1.12. The molecule has 0 saturated carbocycles. The van der Waals surface area contributed by atoms with E-state index in [9.17, 15) is 9.59 Å². The van der Waals surface area contributed by atoms with E-state index in [4.69, 9.17) is 4.74 Å². The lowest BCUT2D eigenvalue weighted by Gasteiger charge is -2.31. The maximum Gasteiger partial charge on any atom is 0.319 e. The summed E-state index contributed by atoms with van der Waals surface area (Å²) in [4.78, 5) is 22.4. The summed E-state index contributed by atoms with van der Waals surface area (Å²) < 4.78 is 10.1. The summed E-state index contributed by atoms with van der Waals surface area (Å²) in [5.74, 6) is -1.17. The van der Waals surface area contributed by atoms with E-state index >= 15 is 0 Å². The van der Waals surface area contributed by atoms with Crippen LogP contribution in [0.3, 0.4) is 0 Å². The maximum absolute atomic E-state index is 11.3. The molecule has 2 saturated heterocycles. The molecule has 2 bridgehead atoms. The number of fused-ring (bicyclic) bond motifs is 1. The van der Waals surface area contributed by atoms with Crippen LogP contribution in [0, 0.1) is 5.92 Å². The standard InChI is InChI=1S/C9H8O4/c10-7-4-9-2-1-5(13-9)3-6(9)8(11)12-7/h1-2,5-6H,3-4H2/t5-,6+,9-/m1/s1. The molecule has 4 nitrogen and oxygen atoms in total. The first-order chi connectivity index (χ1) is 6.20. The summed E-state index contributed by atoms with van der Waals surface area (Å²) in [6, 6.07) is 0. The molecule has 68 valence electrons. The molecule has 0 N–H and O–H groups in total. The van der Waals surface area contributed by atoms with Crippen LogP contribution in [0.25, 0.3) is 0 Å². The van der Waals surface area contributed by atoms with E-state index in [-0.39, 0.29) is 18.4 Å². The fraction of sp³-hybridized carbons (Fsp3) is 0.556. The van der Waals surface area contributed by atoms with Crippen LogP contribution in [0.4, 0.5) is 0 Å². The van der Waals surface area contributed by atoms with Gasteiger partial charge in [-0.3, -0.25) is 9.59 Å². The van der Waals surface area contributed by atoms with Gasteiger partial charge < -0.3 is 9.47 Å². The van der Waals surface area contributed by atoms with Crippen molar-refractivity contribution in [3.05, 3.63) is 12.2 Å². The fourth-order valence-electron chi connectivity index (χ4n) is 2.35. The predicted molar refractivity (Wildman–Crippen MR) is 40.6 cm³/mol. The summed E-state index contributed by atoms with van der Waals surface area (Å²) in [5.41, 5.74) is -0.656. The van der Waals surface area contributed by atoms with Gasteiger partial charge in [-0.25, -0.2) is 0 Å². The van der Waals surface area contributed by atoms with Crippen molar-refractivity contribution in [1.82, 2.24) is 0 Å². The molecular weight excluding hydrogens is 172 g/mol. The lowest BCUT2D eigenvalue weighted by atomic mass is 9.79. The molecular formula is C9H8O4. The van der Waals surface area contributed by atoms with Crippen molar-refractivity contribution in [3.63, 3.8) is 0 Å². The minimum atomic E-state index is -0.656. The van der Waals surface area contributed by atoms with Crippen LogP contribution in [0.1, 0.15) is 12.8 Å². The third-order valence-corrected chi connectivity index (χ3v) is 2.94. The normalized spacial score (nSPS) is 46.5. The first-order valence-corrected chi connectivity index (χ1v) is 4.31. The average Bonchev–Trinajstić information content (AvgIpc) is 2.58. The molecule has 13 heavy (non-hydrogen) atoms. The molecule has 3 atom stereocenters. The highest BCUT2D eigenvalue weighted by atomic mass is 16.6. The van der Waals surface area contributed by atoms with Crippen LogP contribution in [0.2, 0.25) is 0 Å². The predicted octanol–water partition coefficient (Wildman–Crippen LogP) is 0.174. The smallest absolute Gasteiger partial charge is 0.319 e. The van der Waals surface area contributed by atoms with E-state index in [1.54, 1.807) is 0 Å². The number of carbonyl (C=O) groups is 2. The van der Waals surface area contributed by atoms with Crippen molar-refractivity contribution in [3.8, 4) is 0 Å². The van der Waals surface area contributed by atoms with Gasteiger partial charge in [0.2, 0.25) is 0 Å². The summed E-state index contributed by atoms with van der Waals surface area (Å²) in [7, 11) is 0. The number of hydrogen-bond donors (Lipinski definition) is 0. The van der Waals surface area contributed by atoms with Crippen molar-refractivity contribution in [2.45, 2.75) is 24.5 Å². The van der Waals surface area contributed by atoms with Gasteiger partial charge >= 0.3 is 11.9 Å². The first-order valence-electron chi connectivity index (χ1n) is 4.31. The second-order valence-electron chi connectivity index (χ2n) is 3.73. The maximum atomic E-state index is 11.3. The second kappa shape index (κ2) is 2.01. The van der Waals surface area contributed by atoms with Crippen molar-refractivity contribution in [2.24, 2.45) is 5.92 Å². The fourth-order valence-corrected chi connectivity index (χ4v) is 2.35. The lowest BCUT2D eigenvalue weighted by Crippen LogP contribution is -2.46. The third-order valence-electron chi connectivity index (χ3n) is 2.94. The first kappa shape index (κ1) is 7.26. The van der Waals surface area contributed by atoms with Crippen LogP contribution >= 0.6 is 0 Å². The molecule has 0 radical (unpaired) electrons. The topological polar surface area (TPSA) is 52.6 Å². The van der Waals surface area contributed by atoms with E-state index in [1.165, 1.54) is 0 Å². The number of cyclic esters (lactones) is 2. The Morgan fingerprint density at radius 3 is 3.08 bits per heavy atom. The number of ether oxygens (including phenoxy) is 2. The van der Waals surface area contributed by atoms with Crippen LogP contribution in [-0.4, -0.2) is 23.6 Å². The summed E-state index contributed by atoms with van der Waals surface area (Å²) in [5, 5.41) is 0. The van der Waals surface area contributed by atoms with Gasteiger partial charge in [0.1, 0.15) is 5.60 Å². The third kappa shape index (κ3) is 0.785. The quantitative estimate of drug-likeness (QED) is 0.303. The molecule has 0 unspecified atom stereocenters. The van der Waals surface area contributed by atoms with Gasteiger partial charge in [-0.15, -0.1) is 0 Å². The van der Waals surface area contributed by atoms with Crippen LogP contribution in [-0.2, 0) is 19.1 Å². The zero-order chi connectivity index (χ0) is 9.05. The number of esters is 2. The van der Waals surface area contributed by atoms with Gasteiger partial charge in [0, 0.05) is 0 Å². The zero-order valence-corrected chi connectivity index (χ0v) is 6.86. The SMILES string of the molecule is O=C1C[C@]23C=C[C@H](C[C@H]2C(=O)O1)O3. The Hall–Kier alpha value is -1.16. The van der Waals surface area contributed by atoms with Gasteiger partial charge in [0.25, 0.3) is 0 Å². The van der Waals surface area contributed by atoms with Gasteiger partial charge in [0.05, 0.1) is 18.4 Å². The molecule has 1 spiro atoms. The Labute approximate surface area is 74.5 Å². The molecule has 3 heterocycles. The van der Waals surface area contributed by atoms with Crippen LogP contribution in [0.5, 0.6) is 0 Å². The van der Waals surface area contributed by atoms with Crippen molar-refractivity contribution in [2.75, 3.05) is 0 Å². The molecule has 0 aromatic carbocycles. The zero-order valence-electron chi connectivity index (χ0n) is 6.86. The number of hydrogen-bond acceptors (Lipinski definition) is 4. The molecule has 0 amide bonds. The second-order valence-corrected chi connectivity index (χ2v) is 3.73. The number of carbonyl (C=O) groups excluding carboxylic acids is 2. The molecule has 0 aromatic rings. The Morgan fingerprint density at radius 1 is 1.46 bits per heavy atom. The van der Waals surface area contributed by atoms with Gasteiger partial charge in [0.15, 0.2) is 0 Å². The van der Waals surface area contributed by atoms with E-state index in [0.717, 1.165) is 0 Å². The van der Waals surface area contributed by atoms with Gasteiger partial charge in [-0.1, -0.05) is 12.2 Å². The van der Waals surface area contributed by atoms with E-state index in [1.807, 2.05) is 12.2 Å². The van der Waals surface area contributed by atoms with E-state index in [0.29, 0.717) is 6.42 Å². The summed E-state index contributed by atoms with van der Waals surface area (Å²) >= 11 is 0. The molecule has 2 fully saturated rings. The average molecular weight is 180 g/mol. The van der Waals surface area contributed by atoms with Crippen molar-refractivity contribution < 1.29 is 19.1 Å². The highest BCUT2D eigenvalue weighted by Gasteiger charge is 2.58. The minimum Gasteiger partial charge on any atom is -0.393 e.